The van der Waals surface area contributed by atoms with Gasteiger partial charge in [-0.15, -0.1) is 0 Å². The van der Waals surface area contributed by atoms with Crippen molar-refractivity contribution in [1.82, 2.24) is 0 Å². The maximum absolute atomic E-state index is 13.3. The van der Waals surface area contributed by atoms with Crippen LogP contribution in [0.25, 0.3) is 0 Å². The summed E-state index contributed by atoms with van der Waals surface area (Å²) in [7, 11) is -5.41. The molecular formula is C10H9F10NO2S. The minimum Gasteiger partial charge on any atom is -0.227 e. The van der Waals surface area contributed by atoms with Crippen molar-refractivity contribution in [2.45, 2.75) is 48.7 Å². The zero-order chi connectivity index (χ0) is 19.8. The number of alkyl halides is 10. The molecule has 0 saturated heterocycles. The van der Waals surface area contributed by atoms with Gasteiger partial charge in [-0.25, -0.2) is 8.42 Å². The molecule has 3 nitrogen and oxygen atoms in total. The molecule has 0 aliphatic heterocycles. The highest BCUT2D eigenvalue weighted by molar-refractivity contribution is 7.93. The second kappa shape index (κ2) is 6.23. The fourth-order valence-electron chi connectivity index (χ4n) is 1.44. The summed E-state index contributed by atoms with van der Waals surface area (Å²) in [5.41, 5.74) is 0. The smallest absolute Gasteiger partial charge is 0.227 e. The first-order valence-corrected chi connectivity index (χ1v) is 7.40. The third-order valence-corrected chi connectivity index (χ3v) is 5.30. The Bertz CT molecular complexity index is 601. The van der Waals surface area contributed by atoms with Gasteiger partial charge < -0.3 is 0 Å². The van der Waals surface area contributed by atoms with Gasteiger partial charge in [0.05, 0.1) is 24.7 Å². The van der Waals surface area contributed by atoms with Crippen LogP contribution in [0.3, 0.4) is 0 Å². The predicted molar refractivity (Wildman–Crippen MR) is 59.0 cm³/mol. The summed E-state index contributed by atoms with van der Waals surface area (Å²) < 4.78 is 144. The summed E-state index contributed by atoms with van der Waals surface area (Å²) in [4.78, 5) is 0. The van der Waals surface area contributed by atoms with Crippen LogP contribution in [-0.4, -0.2) is 43.1 Å². The molecule has 24 heavy (non-hydrogen) atoms. The van der Waals surface area contributed by atoms with Crippen LogP contribution in [0.4, 0.5) is 43.9 Å². The van der Waals surface area contributed by atoms with Gasteiger partial charge in [0.2, 0.25) is 0 Å². The van der Waals surface area contributed by atoms with E-state index in [-0.39, 0.29) is 6.92 Å². The van der Waals surface area contributed by atoms with E-state index in [2.05, 4.69) is 0 Å². The zero-order valence-corrected chi connectivity index (χ0v) is 12.4. The molecule has 1 atom stereocenters. The largest absolute Gasteiger partial charge is 0.459 e. The molecule has 0 amide bonds. The highest BCUT2D eigenvalue weighted by Crippen LogP contribution is 2.50. The van der Waals surface area contributed by atoms with E-state index in [4.69, 9.17) is 5.26 Å². The van der Waals surface area contributed by atoms with Crippen molar-refractivity contribution in [3.8, 4) is 6.07 Å². The van der Waals surface area contributed by atoms with Gasteiger partial charge in [-0.05, 0) is 6.92 Å². The molecule has 0 aromatic rings. The molecule has 1 unspecified atom stereocenters. The van der Waals surface area contributed by atoms with E-state index in [0.717, 1.165) is 0 Å². The Balaban J connectivity index is 5.74. The highest BCUT2D eigenvalue weighted by Gasteiger charge is 2.74. The third kappa shape index (κ3) is 4.64. The number of hydrogen-bond acceptors (Lipinski definition) is 3. The van der Waals surface area contributed by atoms with Crippen molar-refractivity contribution in [1.29, 1.82) is 5.26 Å². The molecule has 142 valence electrons. The standard InChI is InChI=1S/C10H9F10NO2S/c1-6(5-21,24(22,23)3-2-8(13,14)15)4-7(11,12)9(16,17)10(18,19)20/h2-4H2,1H3. The highest BCUT2D eigenvalue weighted by atomic mass is 32.2. The molecular weight excluding hydrogens is 388 g/mol. The lowest BCUT2D eigenvalue weighted by molar-refractivity contribution is -0.356. The molecule has 0 saturated carbocycles. The van der Waals surface area contributed by atoms with Gasteiger partial charge in [-0.2, -0.15) is 49.2 Å². The predicted octanol–water partition coefficient (Wildman–Crippen LogP) is 3.86. The quantitative estimate of drug-likeness (QED) is 0.640. The molecule has 0 spiro atoms. The van der Waals surface area contributed by atoms with Crippen molar-refractivity contribution < 1.29 is 52.3 Å². The number of halogens is 10. The molecule has 14 heteroatoms. The molecule has 0 bridgehead atoms. The topological polar surface area (TPSA) is 57.9 Å². The average Bonchev–Trinajstić information content (AvgIpc) is 2.33. The summed E-state index contributed by atoms with van der Waals surface area (Å²) in [5.74, 6) is -14.6. The van der Waals surface area contributed by atoms with E-state index >= 15 is 0 Å². The van der Waals surface area contributed by atoms with Gasteiger partial charge in [0, 0.05) is 0 Å². The molecule has 0 aromatic carbocycles. The lowest BCUT2D eigenvalue weighted by Crippen LogP contribution is -2.56. The van der Waals surface area contributed by atoms with E-state index in [0.29, 0.717) is 6.07 Å². The van der Waals surface area contributed by atoms with Gasteiger partial charge in [0.1, 0.15) is 0 Å². The van der Waals surface area contributed by atoms with Gasteiger partial charge in [0.15, 0.2) is 14.6 Å². The molecule has 0 aromatic heterocycles. The molecule has 0 radical (unpaired) electrons. The third-order valence-electron chi connectivity index (χ3n) is 2.95. The molecule has 0 N–H and O–H groups in total. The van der Waals surface area contributed by atoms with Crippen molar-refractivity contribution >= 4 is 9.84 Å². The first-order chi connectivity index (χ1) is 10.2. The Morgan fingerprint density at radius 2 is 1.33 bits per heavy atom. The first kappa shape index (κ1) is 22.7. The second-order valence-electron chi connectivity index (χ2n) is 4.98. The van der Waals surface area contributed by atoms with E-state index in [9.17, 15) is 52.3 Å². The number of hydrogen-bond donors (Lipinski definition) is 0. The summed E-state index contributed by atoms with van der Waals surface area (Å²) in [5, 5.41) is 8.61. The minimum absolute atomic E-state index is 0.0546. The Labute approximate surface area is 129 Å². The number of sulfone groups is 1. The molecule has 0 heterocycles. The summed E-state index contributed by atoms with van der Waals surface area (Å²) >= 11 is 0. The summed E-state index contributed by atoms with van der Waals surface area (Å²) in [6, 6.07) is 0.599. The van der Waals surface area contributed by atoms with Crippen LogP contribution in [0.2, 0.25) is 0 Å². The monoisotopic (exact) mass is 397 g/mol. The molecule has 0 aliphatic rings. The lowest BCUT2D eigenvalue weighted by atomic mass is 9.98. The van der Waals surface area contributed by atoms with Crippen molar-refractivity contribution in [3.63, 3.8) is 0 Å². The molecule has 0 fully saturated rings. The van der Waals surface area contributed by atoms with Gasteiger partial charge >= 0.3 is 24.2 Å². The van der Waals surface area contributed by atoms with Crippen molar-refractivity contribution in [2.24, 2.45) is 0 Å². The van der Waals surface area contributed by atoms with E-state index in [1.54, 1.807) is 0 Å². The van der Waals surface area contributed by atoms with Crippen LogP contribution in [0.5, 0.6) is 0 Å². The average molecular weight is 397 g/mol. The van der Waals surface area contributed by atoms with Crippen LogP contribution < -0.4 is 0 Å². The van der Waals surface area contributed by atoms with Crippen molar-refractivity contribution in [3.05, 3.63) is 0 Å². The number of nitrogens with zero attached hydrogens (tertiary/aromatic N) is 1. The van der Waals surface area contributed by atoms with Crippen LogP contribution in [0.1, 0.15) is 19.8 Å². The molecule has 0 rings (SSSR count). The van der Waals surface area contributed by atoms with Crippen LogP contribution in [-0.2, 0) is 9.84 Å². The maximum Gasteiger partial charge on any atom is 0.459 e. The Kier molecular flexibility index (Phi) is 5.90. The number of nitriles is 1. The first-order valence-electron chi connectivity index (χ1n) is 5.75. The number of rotatable bonds is 6. The fourth-order valence-corrected chi connectivity index (χ4v) is 2.93. The van der Waals surface area contributed by atoms with E-state index < -0.39 is 57.4 Å². The van der Waals surface area contributed by atoms with Crippen LogP contribution in [0.15, 0.2) is 0 Å². The van der Waals surface area contributed by atoms with E-state index in [1.807, 2.05) is 0 Å². The van der Waals surface area contributed by atoms with Gasteiger partial charge in [-0.3, -0.25) is 0 Å². The summed E-state index contributed by atoms with van der Waals surface area (Å²) in [6.07, 6.45) is -16.8. The Morgan fingerprint density at radius 3 is 1.62 bits per heavy atom. The minimum atomic E-state index is -6.76. The Morgan fingerprint density at radius 1 is 0.917 bits per heavy atom. The van der Waals surface area contributed by atoms with Crippen LogP contribution in [0, 0.1) is 11.3 Å². The van der Waals surface area contributed by atoms with Crippen molar-refractivity contribution in [2.75, 3.05) is 5.75 Å². The van der Waals surface area contributed by atoms with Gasteiger partial charge in [-0.1, -0.05) is 0 Å². The fraction of sp³-hybridized carbons (Fsp3) is 0.900. The second-order valence-corrected chi connectivity index (χ2v) is 7.52. The van der Waals surface area contributed by atoms with Gasteiger partial charge in [0.25, 0.3) is 0 Å². The molecule has 0 aliphatic carbocycles. The van der Waals surface area contributed by atoms with E-state index in [1.165, 1.54) is 0 Å². The Hall–Kier alpha value is -1.26. The van der Waals surface area contributed by atoms with Crippen LogP contribution >= 0.6 is 0 Å². The SMILES string of the molecule is CC(C#N)(CC(F)(F)C(F)(F)C(F)(F)F)S(=O)(=O)CCC(F)(F)F. The normalized spacial score (nSPS) is 17.2. The maximum atomic E-state index is 13.3. The lowest BCUT2D eigenvalue weighted by Gasteiger charge is -2.32. The zero-order valence-electron chi connectivity index (χ0n) is 11.6. The summed E-state index contributed by atoms with van der Waals surface area (Å²) in [6.45, 7) is 0.0546.